The van der Waals surface area contributed by atoms with Crippen molar-refractivity contribution in [3.05, 3.63) is 83.9 Å². The summed E-state index contributed by atoms with van der Waals surface area (Å²) >= 11 is 0. The Morgan fingerprint density at radius 2 is 1.63 bits per heavy atom. The lowest BCUT2D eigenvalue weighted by Crippen LogP contribution is -2.12. The van der Waals surface area contributed by atoms with E-state index in [2.05, 4.69) is 6.92 Å². The second kappa shape index (κ2) is 10.3. The number of aryl methyl sites for hydroxylation is 1. The molecule has 1 atom stereocenters. The molecule has 3 rings (SSSR count). The van der Waals surface area contributed by atoms with Crippen LogP contribution < -0.4 is 14.2 Å². The van der Waals surface area contributed by atoms with Gasteiger partial charge < -0.3 is 19.3 Å². The predicted molar refractivity (Wildman–Crippen MR) is 116 cm³/mol. The van der Waals surface area contributed by atoms with Gasteiger partial charge in [-0.2, -0.15) is 0 Å². The van der Waals surface area contributed by atoms with Crippen molar-refractivity contribution in [2.45, 2.75) is 20.3 Å². The number of carboxylic acid groups (broad SMARTS) is 1. The standard InChI is InChI=1S/C25H26O5/c1-18(15-20-11-13-21(14-12-20)28-17-24(26)27)16-29-25-19(2)7-6-10-23(25)30-22-8-4-3-5-9-22/h3-14,18H,15-17H2,1-2H3,(H,26,27). The van der Waals surface area contributed by atoms with Gasteiger partial charge in [0, 0.05) is 0 Å². The molecule has 0 heterocycles. The molecule has 0 saturated heterocycles. The second-order valence-electron chi connectivity index (χ2n) is 7.26. The molecule has 0 amide bonds. The first-order valence-corrected chi connectivity index (χ1v) is 9.90. The van der Waals surface area contributed by atoms with Gasteiger partial charge in [0.2, 0.25) is 0 Å². The number of ether oxygens (including phenoxy) is 3. The van der Waals surface area contributed by atoms with Crippen LogP contribution in [-0.4, -0.2) is 24.3 Å². The molecule has 0 saturated carbocycles. The topological polar surface area (TPSA) is 65.0 Å². The van der Waals surface area contributed by atoms with Crippen LogP contribution in [-0.2, 0) is 11.2 Å². The van der Waals surface area contributed by atoms with Gasteiger partial charge in [-0.3, -0.25) is 0 Å². The van der Waals surface area contributed by atoms with Crippen molar-refractivity contribution < 1.29 is 24.1 Å². The quantitative estimate of drug-likeness (QED) is 0.481. The van der Waals surface area contributed by atoms with E-state index in [1.54, 1.807) is 12.1 Å². The maximum absolute atomic E-state index is 10.6. The van der Waals surface area contributed by atoms with Crippen LogP contribution in [0, 0.1) is 12.8 Å². The Labute approximate surface area is 176 Å². The fourth-order valence-electron chi connectivity index (χ4n) is 3.06. The number of carboxylic acids is 1. The average molecular weight is 406 g/mol. The monoisotopic (exact) mass is 406 g/mol. The van der Waals surface area contributed by atoms with Gasteiger partial charge in [-0.25, -0.2) is 4.79 Å². The van der Waals surface area contributed by atoms with Crippen molar-refractivity contribution in [2.75, 3.05) is 13.2 Å². The lowest BCUT2D eigenvalue weighted by atomic mass is 10.0. The van der Waals surface area contributed by atoms with Crippen molar-refractivity contribution in [2.24, 2.45) is 5.92 Å². The van der Waals surface area contributed by atoms with E-state index in [0.717, 1.165) is 29.0 Å². The van der Waals surface area contributed by atoms with Gasteiger partial charge in [-0.1, -0.05) is 49.4 Å². The van der Waals surface area contributed by atoms with Crippen molar-refractivity contribution in [1.82, 2.24) is 0 Å². The number of hydrogen-bond donors (Lipinski definition) is 1. The van der Waals surface area contributed by atoms with E-state index in [1.807, 2.05) is 67.6 Å². The summed E-state index contributed by atoms with van der Waals surface area (Å²) in [5.41, 5.74) is 2.16. The van der Waals surface area contributed by atoms with Crippen LogP contribution >= 0.6 is 0 Å². The van der Waals surface area contributed by atoms with Gasteiger partial charge in [-0.05, 0) is 60.7 Å². The number of aliphatic carboxylic acids is 1. The highest BCUT2D eigenvalue weighted by atomic mass is 16.5. The molecule has 0 aromatic heterocycles. The van der Waals surface area contributed by atoms with Gasteiger partial charge in [-0.15, -0.1) is 0 Å². The minimum Gasteiger partial charge on any atom is -0.489 e. The van der Waals surface area contributed by atoms with Crippen LogP contribution in [0.2, 0.25) is 0 Å². The number of rotatable bonds is 10. The van der Waals surface area contributed by atoms with E-state index in [4.69, 9.17) is 19.3 Å². The maximum atomic E-state index is 10.6. The molecule has 0 aliphatic heterocycles. The molecular weight excluding hydrogens is 380 g/mol. The lowest BCUT2D eigenvalue weighted by molar-refractivity contribution is -0.139. The number of benzene rings is 3. The molecule has 1 unspecified atom stereocenters. The highest BCUT2D eigenvalue weighted by Crippen LogP contribution is 2.34. The molecule has 0 aliphatic rings. The molecule has 156 valence electrons. The third-order valence-electron chi connectivity index (χ3n) is 4.53. The molecule has 30 heavy (non-hydrogen) atoms. The zero-order valence-electron chi connectivity index (χ0n) is 17.2. The smallest absolute Gasteiger partial charge is 0.341 e. The molecule has 0 aliphatic carbocycles. The Bertz CT molecular complexity index is 951. The SMILES string of the molecule is Cc1cccc(Oc2ccccc2)c1OCC(C)Cc1ccc(OCC(=O)O)cc1. The van der Waals surface area contributed by atoms with Gasteiger partial charge in [0.25, 0.3) is 0 Å². The summed E-state index contributed by atoms with van der Waals surface area (Å²) in [5.74, 6) is 2.06. The van der Waals surface area contributed by atoms with E-state index in [-0.39, 0.29) is 12.5 Å². The lowest BCUT2D eigenvalue weighted by Gasteiger charge is -2.18. The Morgan fingerprint density at radius 3 is 2.33 bits per heavy atom. The van der Waals surface area contributed by atoms with Crippen molar-refractivity contribution in [3.8, 4) is 23.0 Å². The first-order valence-electron chi connectivity index (χ1n) is 9.90. The second-order valence-corrected chi connectivity index (χ2v) is 7.26. The first kappa shape index (κ1) is 21.2. The Kier molecular flexibility index (Phi) is 7.33. The van der Waals surface area contributed by atoms with Crippen molar-refractivity contribution in [3.63, 3.8) is 0 Å². The van der Waals surface area contributed by atoms with Crippen LogP contribution in [0.4, 0.5) is 0 Å². The van der Waals surface area contributed by atoms with Crippen LogP contribution in [0.25, 0.3) is 0 Å². The minimum absolute atomic E-state index is 0.278. The maximum Gasteiger partial charge on any atom is 0.341 e. The van der Waals surface area contributed by atoms with E-state index in [0.29, 0.717) is 18.1 Å². The average Bonchev–Trinajstić information content (AvgIpc) is 2.73. The summed E-state index contributed by atoms with van der Waals surface area (Å²) in [4.78, 5) is 10.6. The predicted octanol–water partition coefficient (Wildman–Crippen LogP) is 5.51. The largest absolute Gasteiger partial charge is 0.489 e. The van der Waals surface area contributed by atoms with Crippen LogP contribution in [0.3, 0.4) is 0 Å². The van der Waals surface area contributed by atoms with E-state index in [9.17, 15) is 4.79 Å². The molecule has 5 nitrogen and oxygen atoms in total. The summed E-state index contributed by atoms with van der Waals surface area (Å²) in [5, 5.41) is 8.68. The third-order valence-corrected chi connectivity index (χ3v) is 4.53. The Morgan fingerprint density at radius 1 is 0.900 bits per heavy atom. The summed E-state index contributed by atoms with van der Waals surface area (Å²) in [6.45, 7) is 4.35. The number of hydrogen-bond acceptors (Lipinski definition) is 4. The minimum atomic E-state index is -0.989. The highest BCUT2D eigenvalue weighted by Gasteiger charge is 2.12. The van der Waals surface area contributed by atoms with Gasteiger partial charge >= 0.3 is 5.97 Å². The normalized spacial score (nSPS) is 11.5. The van der Waals surface area contributed by atoms with Crippen LogP contribution in [0.5, 0.6) is 23.0 Å². The number of carbonyl (C=O) groups is 1. The number of para-hydroxylation sites is 2. The molecule has 0 bridgehead atoms. The van der Waals surface area contributed by atoms with Crippen molar-refractivity contribution in [1.29, 1.82) is 0 Å². The zero-order valence-corrected chi connectivity index (χ0v) is 17.2. The molecule has 0 fully saturated rings. The Hall–Kier alpha value is -3.47. The van der Waals surface area contributed by atoms with Crippen LogP contribution in [0.15, 0.2) is 72.8 Å². The summed E-state index contributed by atoms with van der Waals surface area (Å²) in [7, 11) is 0. The zero-order chi connectivity index (χ0) is 21.3. The molecule has 5 heteroatoms. The van der Waals surface area contributed by atoms with E-state index in [1.165, 1.54) is 0 Å². The Balaban J connectivity index is 1.58. The van der Waals surface area contributed by atoms with Gasteiger partial charge in [0.1, 0.15) is 11.5 Å². The van der Waals surface area contributed by atoms with Crippen LogP contribution in [0.1, 0.15) is 18.1 Å². The van der Waals surface area contributed by atoms with Crippen molar-refractivity contribution >= 4 is 5.97 Å². The first-order chi connectivity index (χ1) is 14.5. The van der Waals surface area contributed by atoms with E-state index >= 15 is 0 Å². The molecule has 1 N–H and O–H groups in total. The molecule has 0 radical (unpaired) electrons. The third kappa shape index (κ3) is 6.27. The fourth-order valence-corrected chi connectivity index (χ4v) is 3.06. The molecule has 3 aromatic rings. The molecule has 3 aromatic carbocycles. The summed E-state index contributed by atoms with van der Waals surface area (Å²) in [6, 6.07) is 23.0. The summed E-state index contributed by atoms with van der Waals surface area (Å²) in [6.07, 6.45) is 0.833. The summed E-state index contributed by atoms with van der Waals surface area (Å²) < 4.78 is 17.3. The van der Waals surface area contributed by atoms with E-state index < -0.39 is 5.97 Å². The molecule has 0 spiro atoms. The fraction of sp³-hybridized carbons (Fsp3) is 0.240. The highest BCUT2D eigenvalue weighted by molar-refractivity contribution is 5.68. The molecular formula is C25H26O5. The van der Waals surface area contributed by atoms with Gasteiger partial charge in [0.05, 0.1) is 6.61 Å². The van der Waals surface area contributed by atoms with Gasteiger partial charge in [0.15, 0.2) is 18.1 Å².